The maximum atomic E-state index is 12.2. The van der Waals surface area contributed by atoms with Gasteiger partial charge in [-0.1, -0.05) is 11.8 Å². The topological polar surface area (TPSA) is 88.3 Å². The van der Waals surface area contributed by atoms with Gasteiger partial charge in [0.2, 0.25) is 5.91 Å². The second-order valence-corrected chi connectivity index (χ2v) is 6.58. The lowest BCUT2D eigenvalue weighted by Gasteiger charge is -2.15. The molecule has 1 aromatic rings. The Hall–Kier alpha value is -1.57. The van der Waals surface area contributed by atoms with Gasteiger partial charge in [-0.15, -0.1) is 10.2 Å². The molecule has 1 atom stereocenters. The van der Waals surface area contributed by atoms with Crippen molar-refractivity contribution in [3.05, 3.63) is 6.33 Å². The highest BCUT2D eigenvalue weighted by molar-refractivity contribution is 7.99. The number of amides is 1. The van der Waals surface area contributed by atoms with E-state index in [1.807, 2.05) is 4.57 Å². The molecule has 0 radical (unpaired) electrons. The molecule has 1 saturated carbocycles. The summed E-state index contributed by atoms with van der Waals surface area (Å²) in [5.41, 5.74) is 0. The molecule has 8 heteroatoms. The highest BCUT2D eigenvalue weighted by atomic mass is 32.2. The first-order chi connectivity index (χ1) is 10.1. The molecule has 3 rings (SSSR count). The monoisotopic (exact) mass is 310 g/mol. The molecule has 1 aliphatic heterocycles. The van der Waals surface area contributed by atoms with Crippen molar-refractivity contribution >= 4 is 23.6 Å². The number of carboxylic acid groups (broad SMARTS) is 1. The highest BCUT2D eigenvalue weighted by Gasteiger charge is 2.29. The summed E-state index contributed by atoms with van der Waals surface area (Å²) in [4.78, 5) is 24.6. The maximum Gasteiger partial charge on any atom is 0.303 e. The predicted molar refractivity (Wildman–Crippen MR) is 76.0 cm³/mol. The summed E-state index contributed by atoms with van der Waals surface area (Å²) >= 11 is 1.41. The minimum Gasteiger partial charge on any atom is -0.481 e. The van der Waals surface area contributed by atoms with Gasteiger partial charge in [-0.2, -0.15) is 0 Å². The number of likely N-dealkylation sites (tertiary alicyclic amines) is 1. The van der Waals surface area contributed by atoms with Gasteiger partial charge in [-0.25, -0.2) is 0 Å². The van der Waals surface area contributed by atoms with Crippen molar-refractivity contribution in [2.24, 2.45) is 5.92 Å². The lowest BCUT2D eigenvalue weighted by Crippen LogP contribution is -2.30. The van der Waals surface area contributed by atoms with Crippen molar-refractivity contribution in [1.29, 1.82) is 0 Å². The Morgan fingerprint density at radius 3 is 2.90 bits per heavy atom. The van der Waals surface area contributed by atoms with Crippen LogP contribution in [0.15, 0.2) is 11.5 Å². The van der Waals surface area contributed by atoms with Crippen LogP contribution < -0.4 is 0 Å². The van der Waals surface area contributed by atoms with Crippen LogP contribution in [0.3, 0.4) is 0 Å². The zero-order valence-corrected chi connectivity index (χ0v) is 12.5. The Kier molecular flexibility index (Phi) is 4.14. The fourth-order valence-electron chi connectivity index (χ4n) is 2.63. The van der Waals surface area contributed by atoms with E-state index in [2.05, 4.69) is 10.2 Å². The number of aromatic nitrogens is 3. The van der Waals surface area contributed by atoms with Crippen LogP contribution in [0.4, 0.5) is 0 Å². The summed E-state index contributed by atoms with van der Waals surface area (Å²) < 4.78 is 2.04. The van der Waals surface area contributed by atoms with Crippen LogP contribution in [0.5, 0.6) is 0 Å². The average molecular weight is 310 g/mol. The van der Waals surface area contributed by atoms with E-state index in [1.54, 1.807) is 11.2 Å². The lowest BCUT2D eigenvalue weighted by molar-refractivity contribution is -0.138. The normalized spacial score (nSPS) is 21.7. The molecule has 0 aromatic carbocycles. The zero-order chi connectivity index (χ0) is 14.8. The van der Waals surface area contributed by atoms with E-state index in [9.17, 15) is 9.59 Å². The van der Waals surface area contributed by atoms with Gasteiger partial charge in [0.1, 0.15) is 6.33 Å². The number of aliphatic carboxylic acids is 1. The standard InChI is InChI=1S/C13H18N4O3S/c18-11(16-4-3-9(6-16)5-12(19)20)7-21-13-15-14-8-17(13)10-1-2-10/h8-10H,1-7H2,(H,19,20). The third kappa shape index (κ3) is 3.55. The molecular formula is C13H18N4O3S. The summed E-state index contributed by atoms with van der Waals surface area (Å²) in [7, 11) is 0. The molecule has 7 nitrogen and oxygen atoms in total. The van der Waals surface area contributed by atoms with Crippen molar-refractivity contribution in [1.82, 2.24) is 19.7 Å². The molecule has 0 bridgehead atoms. The molecule has 21 heavy (non-hydrogen) atoms. The molecule has 1 saturated heterocycles. The molecule has 1 aliphatic carbocycles. The van der Waals surface area contributed by atoms with E-state index in [-0.39, 0.29) is 18.2 Å². The Labute approximate surface area is 126 Å². The van der Waals surface area contributed by atoms with Crippen LogP contribution in [0, 0.1) is 5.92 Å². The van der Waals surface area contributed by atoms with E-state index in [4.69, 9.17) is 5.11 Å². The summed E-state index contributed by atoms with van der Waals surface area (Å²) in [6, 6.07) is 0.504. The number of hydrogen-bond donors (Lipinski definition) is 1. The second-order valence-electron chi connectivity index (χ2n) is 5.63. The number of carbonyl (C=O) groups is 2. The van der Waals surface area contributed by atoms with Gasteiger partial charge < -0.3 is 14.6 Å². The van der Waals surface area contributed by atoms with Gasteiger partial charge in [0, 0.05) is 25.6 Å². The van der Waals surface area contributed by atoms with Crippen molar-refractivity contribution in [2.45, 2.75) is 36.9 Å². The zero-order valence-electron chi connectivity index (χ0n) is 11.6. The van der Waals surface area contributed by atoms with Crippen LogP contribution >= 0.6 is 11.8 Å². The third-order valence-electron chi connectivity index (χ3n) is 3.91. The highest BCUT2D eigenvalue weighted by Crippen LogP contribution is 2.37. The van der Waals surface area contributed by atoms with Gasteiger partial charge in [-0.05, 0) is 25.2 Å². The third-order valence-corrected chi connectivity index (χ3v) is 4.85. The van der Waals surface area contributed by atoms with Gasteiger partial charge in [0.25, 0.3) is 0 Å². The fraction of sp³-hybridized carbons (Fsp3) is 0.692. The number of nitrogens with zero attached hydrogens (tertiary/aromatic N) is 4. The maximum absolute atomic E-state index is 12.2. The van der Waals surface area contributed by atoms with E-state index < -0.39 is 5.97 Å². The molecule has 2 fully saturated rings. The van der Waals surface area contributed by atoms with Crippen LogP contribution in [-0.2, 0) is 9.59 Å². The van der Waals surface area contributed by atoms with E-state index in [1.165, 1.54) is 11.8 Å². The first kappa shape index (κ1) is 14.4. The number of carboxylic acids is 1. The first-order valence-corrected chi connectivity index (χ1v) is 8.14. The van der Waals surface area contributed by atoms with Crippen LogP contribution in [-0.4, -0.2) is 55.5 Å². The molecular weight excluding hydrogens is 292 g/mol. The largest absolute Gasteiger partial charge is 0.481 e. The fourth-order valence-corrected chi connectivity index (χ4v) is 3.51. The average Bonchev–Trinajstić information content (AvgIpc) is 2.99. The smallest absolute Gasteiger partial charge is 0.303 e. The van der Waals surface area contributed by atoms with Crippen LogP contribution in [0.25, 0.3) is 0 Å². The van der Waals surface area contributed by atoms with Crippen molar-refractivity contribution in [3.8, 4) is 0 Å². The Morgan fingerprint density at radius 2 is 2.19 bits per heavy atom. The van der Waals surface area contributed by atoms with Crippen LogP contribution in [0.1, 0.15) is 31.7 Å². The van der Waals surface area contributed by atoms with Gasteiger partial charge >= 0.3 is 5.97 Å². The molecule has 1 N–H and O–H groups in total. The summed E-state index contributed by atoms with van der Waals surface area (Å²) in [6.07, 6.45) is 4.96. The van der Waals surface area contributed by atoms with Crippen molar-refractivity contribution < 1.29 is 14.7 Å². The number of thioether (sulfide) groups is 1. The Bertz CT molecular complexity index is 543. The summed E-state index contributed by atoms with van der Waals surface area (Å²) in [5, 5.41) is 17.6. The SMILES string of the molecule is O=C(O)CC1CCN(C(=O)CSc2nncn2C2CC2)C1. The van der Waals surface area contributed by atoms with E-state index in [0.717, 1.165) is 24.4 Å². The molecule has 0 spiro atoms. The first-order valence-electron chi connectivity index (χ1n) is 7.15. The van der Waals surface area contributed by atoms with Gasteiger partial charge in [0.15, 0.2) is 5.16 Å². The molecule has 1 amide bonds. The molecule has 1 unspecified atom stereocenters. The van der Waals surface area contributed by atoms with E-state index in [0.29, 0.717) is 24.9 Å². The summed E-state index contributed by atoms with van der Waals surface area (Å²) in [5.74, 6) is -0.309. The van der Waals surface area contributed by atoms with Crippen molar-refractivity contribution in [2.75, 3.05) is 18.8 Å². The second kappa shape index (κ2) is 6.05. The number of carbonyl (C=O) groups excluding carboxylic acids is 1. The quantitative estimate of drug-likeness (QED) is 0.790. The van der Waals surface area contributed by atoms with Gasteiger partial charge in [0.05, 0.1) is 5.75 Å². The number of hydrogen-bond acceptors (Lipinski definition) is 5. The van der Waals surface area contributed by atoms with Crippen LogP contribution in [0.2, 0.25) is 0 Å². The number of rotatable bonds is 6. The minimum atomic E-state index is -0.791. The lowest BCUT2D eigenvalue weighted by atomic mass is 10.1. The van der Waals surface area contributed by atoms with E-state index >= 15 is 0 Å². The molecule has 2 heterocycles. The summed E-state index contributed by atoms with van der Waals surface area (Å²) in [6.45, 7) is 1.22. The van der Waals surface area contributed by atoms with Gasteiger partial charge in [-0.3, -0.25) is 9.59 Å². The Balaban J connectivity index is 1.48. The molecule has 2 aliphatic rings. The molecule has 1 aromatic heterocycles. The Morgan fingerprint density at radius 1 is 1.38 bits per heavy atom. The van der Waals surface area contributed by atoms with Crippen molar-refractivity contribution in [3.63, 3.8) is 0 Å². The minimum absolute atomic E-state index is 0.0539. The molecule has 114 valence electrons. The predicted octanol–water partition coefficient (Wildman–Crippen LogP) is 1.03.